The number of rotatable bonds is 23. The van der Waals surface area contributed by atoms with E-state index in [9.17, 15) is 0 Å². The van der Waals surface area contributed by atoms with Crippen LogP contribution in [-0.4, -0.2) is 22.5 Å². The molecular weight excluding hydrogens is 698 g/mol. The average Bonchev–Trinajstić information content (AvgIpc) is 3.66. The fourth-order valence-electron chi connectivity index (χ4n) is 8.33. The summed E-state index contributed by atoms with van der Waals surface area (Å²) in [6.07, 6.45) is 30.9. The van der Waals surface area contributed by atoms with Gasteiger partial charge in [0.25, 0.3) is 0 Å². The zero-order valence-electron chi connectivity index (χ0n) is 36.2. The van der Waals surface area contributed by atoms with E-state index in [-0.39, 0.29) is 32.8 Å². The van der Waals surface area contributed by atoms with Gasteiger partial charge in [0.2, 0.25) is 0 Å². The van der Waals surface area contributed by atoms with Gasteiger partial charge in [0.1, 0.15) is 0 Å². The molecule has 0 bridgehead atoms. The Morgan fingerprint density at radius 3 is 1.69 bits per heavy atom. The first kappa shape index (κ1) is 48.4. The van der Waals surface area contributed by atoms with Crippen LogP contribution in [0.5, 0.6) is 0 Å². The van der Waals surface area contributed by atoms with Gasteiger partial charge in [-0.1, -0.05) is 225 Å². The molecule has 0 spiro atoms. The summed E-state index contributed by atoms with van der Waals surface area (Å²) in [5.74, 6) is 0.597. The fraction of sp³-hybridized carbons (Fsp3) is 0.509. The third-order valence-electron chi connectivity index (χ3n) is 11.3. The molecule has 3 aromatic carbocycles. The van der Waals surface area contributed by atoms with Crippen molar-refractivity contribution in [2.45, 2.75) is 162 Å². The zero-order valence-corrected chi connectivity index (χ0v) is 37.8. The molecule has 1 nitrogen and oxygen atoms in total. The minimum absolute atomic E-state index is 0. The minimum Gasteiger partial charge on any atom is -0.293 e. The van der Waals surface area contributed by atoms with Crippen LogP contribution in [0.25, 0.3) is 17.2 Å². The first-order valence-corrected chi connectivity index (χ1v) is 21.8. The van der Waals surface area contributed by atoms with E-state index in [1.54, 1.807) is 5.57 Å². The van der Waals surface area contributed by atoms with Gasteiger partial charge >= 0.3 is 21.7 Å². The molecule has 0 saturated heterocycles. The maximum absolute atomic E-state index is 4.05. The van der Waals surface area contributed by atoms with Gasteiger partial charge in [-0.05, 0) is 94.2 Å². The van der Waals surface area contributed by atoms with Gasteiger partial charge in [0.15, 0.2) is 0 Å². The summed E-state index contributed by atoms with van der Waals surface area (Å²) >= 11 is 0. The van der Waals surface area contributed by atoms with Crippen molar-refractivity contribution in [2.24, 2.45) is 5.92 Å². The van der Waals surface area contributed by atoms with Crippen LogP contribution in [0.4, 0.5) is 0 Å². The molecule has 0 amide bonds. The number of benzene rings is 3. The summed E-state index contributed by atoms with van der Waals surface area (Å²) in [6, 6.07) is 31.4. The first-order chi connectivity index (χ1) is 26.1. The topological polar surface area (TPSA) is 3.24 Å². The van der Waals surface area contributed by atoms with Gasteiger partial charge in [-0.25, -0.2) is 0 Å². The molecule has 0 saturated carbocycles. The first-order valence-electron chi connectivity index (χ1n) is 21.8. The standard InChI is InChI=1S/C37H63N.C16H14.Ti/c1-8-10-12-14-16-17-19-24-30-38(36(3,4)5)37(6,7)35(27-23-18-15-13-11-9-2)34-29-28-33(31-34)32-25-21-20-22-26-32;1-14(16-10-6-3-7-11-16)12-13-15-8-4-2-5-9-15;/h20-22,25-26,28,31,35H,8-19,23-24,27,29-30H2,1-7H3;2-13H,1H2;/q;;+2. The van der Waals surface area contributed by atoms with E-state index >= 15 is 0 Å². The van der Waals surface area contributed by atoms with Gasteiger partial charge in [-0.15, -0.1) is 0 Å². The Morgan fingerprint density at radius 1 is 0.655 bits per heavy atom. The number of unbranched alkanes of at least 4 members (excludes halogenated alkanes) is 12. The predicted octanol–water partition coefficient (Wildman–Crippen LogP) is 16.2. The Balaban J connectivity index is 0.000000510. The van der Waals surface area contributed by atoms with Gasteiger partial charge in [0, 0.05) is 11.1 Å². The van der Waals surface area contributed by atoms with Crippen molar-refractivity contribution in [3.63, 3.8) is 0 Å². The fourth-order valence-corrected chi connectivity index (χ4v) is 8.33. The second kappa shape index (κ2) is 27.0. The van der Waals surface area contributed by atoms with E-state index in [0.717, 1.165) is 17.6 Å². The number of hydrogen-bond acceptors (Lipinski definition) is 1. The van der Waals surface area contributed by atoms with Crippen LogP contribution in [-0.2, 0) is 21.7 Å². The Kier molecular flexibility index (Phi) is 23.8. The van der Waals surface area contributed by atoms with Crippen LogP contribution >= 0.6 is 0 Å². The zero-order chi connectivity index (χ0) is 39.1. The molecule has 0 heterocycles. The van der Waals surface area contributed by atoms with Crippen molar-refractivity contribution in [2.75, 3.05) is 6.54 Å². The van der Waals surface area contributed by atoms with E-state index in [1.165, 1.54) is 120 Å². The van der Waals surface area contributed by atoms with Gasteiger partial charge in [-0.2, -0.15) is 0 Å². The van der Waals surface area contributed by atoms with E-state index in [1.807, 2.05) is 42.5 Å². The van der Waals surface area contributed by atoms with Crippen molar-refractivity contribution < 1.29 is 21.7 Å². The molecule has 1 aliphatic rings. The van der Waals surface area contributed by atoms with E-state index in [2.05, 4.69) is 133 Å². The maximum atomic E-state index is 4.05. The van der Waals surface area contributed by atoms with Crippen molar-refractivity contribution in [1.82, 2.24) is 4.90 Å². The molecule has 2 heteroatoms. The van der Waals surface area contributed by atoms with Crippen LogP contribution in [0.2, 0.25) is 0 Å². The average molecular weight is 776 g/mol. The second-order valence-electron chi connectivity index (χ2n) is 17.1. The second-order valence-corrected chi connectivity index (χ2v) is 17.1. The largest absolute Gasteiger partial charge is 2.00 e. The molecule has 296 valence electrons. The molecule has 4 rings (SSSR count). The minimum atomic E-state index is 0. The van der Waals surface area contributed by atoms with Crippen LogP contribution in [0, 0.1) is 5.92 Å². The summed E-state index contributed by atoms with van der Waals surface area (Å²) < 4.78 is 0. The van der Waals surface area contributed by atoms with Crippen molar-refractivity contribution in [3.8, 4) is 0 Å². The molecule has 0 aromatic heterocycles. The Hall–Kier alpha value is -2.71. The molecule has 1 atom stereocenters. The molecule has 0 N–H and O–H groups in total. The predicted molar refractivity (Wildman–Crippen MR) is 243 cm³/mol. The number of nitrogens with zero attached hydrogens (tertiary/aromatic N) is 1. The van der Waals surface area contributed by atoms with Crippen LogP contribution < -0.4 is 0 Å². The SMILES string of the molecule is C=C(C=Cc1ccccc1)c1ccccc1.CCCCCCCCCCN(C(C)(C)C)C(C)(C)C(CCCCCCCC)C1=CC(c2ccccc2)=CC1.[Ti+2]. The smallest absolute Gasteiger partial charge is 0.293 e. The summed E-state index contributed by atoms with van der Waals surface area (Å²) in [5.41, 5.74) is 8.14. The van der Waals surface area contributed by atoms with Crippen molar-refractivity contribution in [3.05, 3.63) is 138 Å². The summed E-state index contributed by atoms with van der Waals surface area (Å²) in [7, 11) is 0. The van der Waals surface area contributed by atoms with Gasteiger partial charge < -0.3 is 0 Å². The molecule has 0 aliphatic heterocycles. The Morgan fingerprint density at radius 2 is 1.15 bits per heavy atom. The molecule has 0 radical (unpaired) electrons. The van der Waals surface area contributed by atoms with Gasteiger partial charge in [0.05, 0.1) is 0 Å². The summed E-state index contributed by atoms with van der Waals surface area (Å²) in [4.78, 5) is 2.88. The molecular formula is C53H77NTi+2. The van der Waals surface area contributed by atoms with E-state index in [4.69, 9.17) is 0 Å². The third-order valence-corrected chi connectivity index (χ3v) is 11.3. The quantitative estimate of drug-likeness (QED) is 0.0527. The maximum Gasteiger partial charge on any atom is 2.00 e. The summed E-state index contributed by atoms with van der Waals surface area (Å²) in [5, 5.41) is 0. The van der Waals surface area contributed by atoms with Crippen LogP contribution in [0.3, 0.4) is 0 Å². The molecule has 55 heavy (non-hydrogen) atoms. The molecule has 1 unspecified atom stereocenters. The van der Waals surface area contributed by atoms with Crippen LogP contribution in [0.1, 0.15) is 168 Å². The molecule has 0 fully saturated rings. The van der Waals surface area contributed by atoms with E-state index < -0.39 is 0 Å². The van der Waals surface area contributed by atoms with E-state index in [0.29, 0.717) is 5.92 Å². The molecule has 1 aliphatic carbocycles. The van der Waals surface area contributed by atoms with Crippen LogP contribution in [0.15, 0.2) is 121 Å². The van der Waals surface area contributed by atoms with Crippen molar-refractivity contribution >= 4 is 17.2 Å². The normalized spacial score (nSPS) is 13.5. The summed E-state index contributed by atoms with van der Waals surface area (Å²) in [6.45, 7) is 22.3. The Labute approximate surface area is 354 Å². The third kappa shape index (κ3) is 18.0. The Bertz CT molecular complexity index is 1520. The monoisotopic (exact) mass is 776 g/mol. The number of allylic oxidation sites excluding steroid dienone is 5. The van der Waals surface area contributed by atoms with Gasteiger partial charge in [-0.3, -0.25) is 4.90 Å². The number of hydrogen-bond donors (Lipinski definition) is 0. The molecule has 3 aromatic rings. The van der Waals surface area contributed by atoms with Crippen molar-refractivity contribution in [1.29, 1.82) is 0 Å².